The van der Waals surface area contributed by atoms with Crippen LogP contribution in [0.3, 0.4) is 0 Å². The van der Waals surface area contributed by atoms with E-state index in [1.54, 1.807) is 6.20 Å². The first-order valence-corrected chi connectivity index (χ1v) is 13.9. The minimum absolute atomic E-state index is 0.238. The van der Waals surface area contributed by atoms with Crippen LogP contribution >= 0.6 is 0 Å². The minimum Gasteiger partial charge on any atom is -0.319 e. The first-order chi connectivity index (χ1) is 18.7. The molecule has 5 rings (SSSR count). The van der Waals surface area contributed by atoms with E-state index in [1.807, 2.05) is 18.3 Å². The maximum absolute atomic E-state index is 13.4. The van der Waals surface area contributed by atoms with Gasteiger partial charge in [0, 0.05) is 50.9 Å². The summed E-state index contributed by atoms with van der Waals surface area (Å²) in [6, 6.07) is 8.24. The van der Waals surface area contributed by atoms with Crippen molar-refractivity contribution in [3.63, 3.8) is 0 Å². The van der Waals surface area contributed by atoms with Gasteiger partial charge in [0.1, 0.15) is 0 Å². The van der Waals surface area contributed by atoms with Crippen molar-refractivity contribution in [1.82, 2.24) is 29.9 Å². The fraction of sp³-hybridized carbons (Fsp3) is 0.452. The molecule has 2 aromatic heterocycles. The Balaban J connectivity index is 1.36. The summed E-state index contributed by atoms with van der Waals surface area (Å²) in [6.45, 7) is 10.6. The minimum atomic E-state index is -0.238. The predicted molar refractivity (Wildman–Crippen MR) is 159 cm³/mol. The van der Waals surface area contributed by atoms with Gasteiger partial charge >= 0.3 is 0 Å². The lowest BCUT2D eigenvalue weighted by atomic mass is 9.92. The quantitative estimate of drug-likeness (QED) is 0.471. The highest BCUT2D eigenvalue weighted by Crippen LogP contribution is 2.33. The van der Waals surface area contributed by atoms with Crippen LogP contribution in [-0.4, -0.2) is 89.7 Å². The molecule has 2 aliphatic rings. The summed E-state index contributed by atoms with van der Waals surface area (Å²) in [4.78, 5) is 24.8. The number of hydrogen-bond donors (Lipinski definition) is 2. The van der Waals surface area contributed by atoms with Crippen molar-refractivity contribution in [2.24, 2.45) is 11.8 Å². The number of aromatic amines is 1. The van der Waals surface area contributed by atoms with Crippen molar-refractivity contribution in [1.29, 1.82) is 0 Å². The topological polar surface area (TPSA) is 80.4 Å². The predicted octanol–water partition coefficient (Wildman–Crippen LogP) is 4.50. The van der Waals surface area contributed by atoms with Gasteiger partial charge in [0.05, 0.1) is 17.4 Å². The summed E-state index contributed by atoms with van der Waals surface area (Å²) in [7, 11) is 6.41. The standard InChI is InChI=1S/C31H41N7O/c1-21-12-23(19-36(3)4)14-26(13-22(21)2)25-6-7-29-28(16-25)30(35-34-29)31(39)33-27-15-24(17-32-18-27)20-38-10-8-37(5)9-11-38/h6-7,13-18,21,23H,8-12,19-20H2,1-5H3,(H,33,39)(H,34,35). The molecular formula is C31H41N7O. The number of amides is 1. The summed E-state index contributed by atoms with van der Waals surface area (Å²) >= 11 is 0. The Kier molecular flexibility index (Phi) is 8.26. The molecule has 0 radical (unpaired) electrons. The number of H-pyrrole nitrogens is 1. The van der Waals surface area contributed by atoms with Gasteiger partial charge < -0.3 is 15.1 Å². The maximum atomic E-state index is 13.4. The SMILES string of the molecule is CC1=CC(c2ccc3[nH]nc(C(=O)Nc4cncc(CN5CCN(C)CC5)c4)c3c2)=CC(CN(C)C)CC1C. The average Bonchev–Trinajstić information content (AvgIpc) is 3.27. The number of hydrogen-bond acceptors (Lipinski definition) is 6. The summed E-state index contributed by atoms with van der Waals surface area (Å²) in [5.74, 6) is 0.757. The number of likely N-dealkylation sites (N-methyl/N-ethyl adjacent to an activating group) is 1. The van der Waals surface area contributed by atoms with Crippen LogP contribution in [0.25, 0.3) is 16.5 Å². The van der Waals surface area contributed by atoms with E-state index in [4.69, 9.17) is 0 Å². The van der Waals surface area contributed by atoms with Gasteiger partial charge in [0.15, 0.2) is 5.69 Å². The molecular weight excluding hydrogens is 486 g/mol. The van der Waals surface area contributed by atoms with Crippen LogP contribution < -0.4 is 5.32 Å². The van der Waals surface area contributed by atoms with E-state index in [0.717, 1.165) is 67.7 Å². The van der Waals surface area contributed by atoms with Crippen LogP contribution in [0.2, 0.25) is 0 Å². The van der Waals surface area contributed by atoms with Crippen LogP contribution in [0.4, 0.5) is 5.69 Å². The summed E-state index contributed by atoms with van der Waals surface area (Å²) in [6.07, 6.45) is 9.41. The zero-order valence-electron chi connectivity index (χ0n) is 23.9. The lowest BCUT2D eigenvalue weighted by Gasteiger charge is -2.32. The molecule has 2 atom stereocenters. The second kappa shape index (κ2) is 11.8. The fourth-order valence-corrected chi connectivity index (χ4v) is 5.64. The lowest BCUT2D eigenvalue weighted by molar-refractivity contribution is 0.102. The van der Waals surface area contributed by atoms with Crippen LogP contribution in [0.5, 0.6) is 0 Å². The van der Waals surface area contributed by atoms with Crippen molar-refractivity contribution in [3.8, 4) is 0 Å². The van der Waals surface area contributed by atoms with Gasteiger partial charge in [-0.3, -0.25) is 19.8 Å². The molecule has 1 aliphatic carbocycles. The van der Waals surface area contributed by atoms with Crippen molar-refractivity contribution in [3.05, 3.63) is 71.2 Å². The lowest BCUT2D eigenvalue weighted by Crippen LogP contribution is -2.43. The van der Waals surface area contributed by atoms with Crippen molar-refractivity contribution < 1.29 is 4.79 Å². The number of carbonyl (C=O) groups excluding carboxylic acids is 1. The Hall–Kier alpha value is -3.33. The third-order valence-electron chi connectivity index (χ3n) is 8.00. The Bertz CT molecular complexity index is 1380. The highest BCUT2D eigenvalue weighted by Gasteiger charge is 2.21. The van der Waals surface area contributed by atoms with Crippen molar-refractivity contribution in [2.75, 3.05) is 59.2 Å². The Morgan fingerprint density at radius 2 is 1.95 bits per heavy atom. The van der Waals surface area contributed by atoms with Crippen molar-refractivity contribution >= 4 is 28.1 Å². The highest BCUT2D eigenvalue weighted by atomic mass is 16.1. The molecule has 39 heavy (non-hydrogen) atoms. The molecule has 1 amide bonds. The number of nitrogens with zero attached hydrogens (tertiary/aromatic N) is 5. The van der Waals surface area contributed by atoms with Crippen molar-refractivity contribution in [2.45, 2.75) is 26.8 Å². The largest absolute Gasteiger partial charge is 0.319 e. The highest BCUT2D eigenvalue weighted by molar-refractivity contribution is 6.11. The number of rotatable bonds is 7. The molecule has 1 aliphatic heterocycles. The molecule has 1 aromatic carbocycles. The average molecular weight is 528 g/mol. The van der Waals surface area contributed by atoms with E-state index in [1.165, 1.54) is 11.1 Å². The van der Waals surface area contributed by atoms with E-state index in [0.29, 0.717) is 23.2 Å². The van der Waals surface area contributed by atoms with Crippen LogP contribution in [0.1, 0.15) is 41.9 Å². The van der Waals surface area contributed by atoms with Gasteiger partial charge in [-0.05, 0) is 81.2 Å². The first kappa shape index (κ1) is 27.2. The maximum Gasteiger partial charge on any atom is 0.276 e. The number of aromatic nitrogens is 3. The van der Waals surface area contributed by atoms with Gasteiger partial charge in [-0.2, -0.15) is 5.10 Å². The van der Waals surface area contributed by atoms with Gasteiger partial charge in [-0.15, -0.1) is 0 Å². The molecule has 2 unspecified atom stereocenters. The van der Waals surface area contributed by atoms with Crippen LogP contribution in [0.15, 0.2) is 54.4 Å². The molecule has 0 saturated carbocycles. The molecule has 206 valence electrons. The second-order valence-corrected chi connectivity index (χ2v) is 11.6. The third kappa shape index (κ3) is 6.64. The zero-order chi connectivity index (χ0) is 27.5. The van der Waals surface area contributed by atoms with E-state index < -0.39 is 0 Å². The molecule has 3 heterocycles. The third-order valence-corrected chi connectivity index (χ3v) is 8.00. The summed E-state index contributed by atoms with van der Waals surface area (Å²) < 4.78 is 0. The number of anilines is 1. The van der Waals surface area contributed by atoms with Gasteiger partial charge in [-0.1, -0.05) is 30.7 Å². The number of carbonyl (C=O) groups is 1. The monoisotopic (exact) mass is 527 g/mol. The zero-order valence-corrected chi connectivity index (χ0v) is 23.9. The molecule has 1 fully saturated rings. The molecule has 1 saturated heterocycles. The van der Waals surface area contributed by atoms with E-state index in [9.17, 15) is 4.79 Å². The molecule has 8 heteroatoms. The summed E-state index contributed by atoms with van der Waals surface area (Å²) in [5.41, 5.74) is 6.71. The first-order valence-electron chi connectivity index (χ1n) is 13.9. The number of pyridine rings is 1. The molecule has 0 spiro atoms. The second-order valence-electron chi connectivity index (χ2n) is 11.6. The van der Waals surface area contributed by atoms with Gasteiger partial charge in [-0.25, -0.2) is 0 Å². The molecule has 2 N–H and O–H groups in total. The Morgan fingerprint density at radius 3 is 2.72 bits per heavy atom. The molecule has 8 nitrogen and oxygen atoms in total. The van der Waals surface area contributed by atoms with Gasteiger partial charge in [0.25, 0.3) is 5.91 Å². The smallest absolute Gasteiger partial charge is 0.276 e. The van der Waals surface area contributed by atoms with Crippen LogP contribution in [0, 0.1) is 11.8 Å². The normalized spacial score (nSPS) is 21.1. The van der Waals surface area contributed by atoms with E-state index >= 15 is 0 Å². The van der Waals surface area contributed by atoms with E-state index in [-0.39, 0.29) is 5.91 Å². The number of fused-ring (bicyclic) bond motifs is 1. The van der Waals surface area contributed by atoms with E-state index in [2.05, 4.69) is 94.5 Å². The number of benzene rings is 1. The summed E-state index contributed by atoms with van der Waals surface area (Å²) in [5, 5.41) is 11.3. The van der Waals surface area contributed by atoms with Gasteiger partial charge in [0.2, 0.25) is 0 Å². The fourth-order valence-electron chi connectivity index (χ4n) is 5.64. The number of nitrogens with one attached hydrogen (secondary N) is 2. The number of piperazine rings is 1. The molecule has 0 bridgehead atoms. The Labute approximate surface area is 231 Å². The number of allylic oxidation sites excluding steroid dienone is 3. The molecule has 3 aromatic rings. The van der Waals surface area contributed by atoms with Crippen LogP contribution in [-0.2, 0) is 6.54 Å². The Morgan fingerprint density at radius 1 is 1.15 bits per heavy atom.